The largest absolute Gasteiger partial charge is 0.0829 e. The Morgan fingerprint density at radius 2 is 2.05 bits per heavy atom. The molecule has 108 valence electrons. The molecule has 0 aromatic carbocycles. The summed E-state index contributed by atoms with van der Waals surface area (Å²) in [5.74, 6) is 2.50. The van der Waals surface area contributed by atoms with Crippen LogP contribution in [0.15, 0.2) is 21.3 Å². The van der Waals surface area contributed by atoms with Gasteiger partial charge in [-0.2, -0.15) is 0 Å². The highest BCUT2D eigenvalue weighted by atomic mass is 127. The van der Waals surface area contributed by atoms with E-state index in [-0.39, 0.29) is 0 Å². The smallest absolute Gasteiger partial charge is 0.00843 e. The quantitative estimate of drug-likeness (QED) is 0.314. The Morgan fingerprint density at radius 3 is 2.63 bits per heavy atom. The Kier molecular flexibility index (Phi) is 5.47. The van der Waals surface area contributed by atoms with Gasteiger partial charge in [-0.25, -0.2) is 0 Å². The van der Waals surface area contributed by atoms with Crippen molar-refractivity contribution in [2.24, 2.45) is 23.2 Å². The van der Waals surface area contributed by atoms with Crippen molar-refractivity contribution in [3.8, 4) is 0 Å². The molecule has 1 fully saturated rings. The van der Waals surface area contributed by atoms with Crippen molar-refractivity contribution in [1.29, 1.82) is 0 Å². The summed E-state index contributed by atoms with van der Waals surface area (Å²) in [6.45, 7) is 9.77. The first kappa shape index (κ1) is 16.3. The molecule has 0 heterocycles. The normalized spacial score (nSPS) is 34.5. The number of hydrogen-bond donors (Lipinski definition) is 0. The molecule has 2 aliphatic carbocycles. The standard InChI is InChI=1S/C17H26I2/c1-5-6-13-14-8-7-12(19)10-16(14)17(3,4)15(13)9-11(2)18/h7-8,11,13,15-16H,5-6,9-10H2,1-4H3. The van der Waals surface area contributed by atoms with Crippen molar-refractivity contribution in [1.82, 2.24) is 0 Å². The molecular weight excluding hydrogens is 458 g/mol. The summed E-state index contributed by atoms with van der Waals surface area (Å²) in [6.07, 6.45) is 10.2. The van der Waals surface area contributed by atoms with Crippen LogP contribution in [0.4, 0.5) is 0 Å². The van der Waals surface area contributed by atoms with E-state index in [1.807, 2.05) is 0 Å². The third kappa shape index (κ3) is 3.24. The Bertz CT molecular complexity index is 390. The van der Waals surface area contributed by atoms with Crippen LogP contribution in [0.2, 0.25) is 0 Å². The predicted molar refractivity (Wildman–Crippen MR) is 102 cm³/mol. The van der Waals surface area contributed by atoms with Crippen LogP contribution >= 0.6 is 45.2 Å². The highest BCUT2D eigenvalue weighted by molar-refractivity contribution is 14.1. The van der Waals surface area contributed by atoms with Crippen LogP contribution in [-0.4, -0.2) is 3.92 Å². The second-order valence-electron chi connectivity index (χ2n) is 6.88. The van der Waals surface area contributed by atoms with E-state index in [0.717, 1.165) is 21.7 Å². The minimum atomic E-state index is 0.468. The third-order valence-electron chi connectivity index (χ3n) is 5.20. The molecule has 2 aliphatic rings. The number of rotatable bonds is 4. The third-order valence-corrected chi connectivity index (χ3v) is 6.51. The molecular formula is C17H26I2. The lowest BCUT2D eigenvalue weighted by Crippen LogP contribution is -2.28. The Balaban J connectivity index is 2.34. The average Bonchev–Trinajstić information content (AvgIpc) is 2.51. The fourth-order valence-electron chi connectivity index (χ4n) is 4.26. The summed E-state index contributed by atoms with van der Waals surface area (Å²) in [6, 6.07) is 0. The molecule has 0 saturated heterocycles. The van der Waals surface area contributed by atoms with E-state index < -0.39 is 0 Å². The molecule has 0 radical (unpaired) electrons. The van der Waals surface area contributed by atoms with E-state index in [0.29, 0.717) is 5.41 Å². The van der Waals surface area contributed by atoms with Crippen LogP contribution in [0.5, 0.6) is 0 Å². The van der Waals surface area contributed by atoms with Crippen molar-refractivity contribution in [2.75, 3.05) is 0 Å². The Hall–Kier alpha value is 0.940. The molecule has 0 aromatic rings. The maximum absolute atomic E-state index is 2.61. The first-order valence-corrected chi connectivity index (χ1v) is 9.90. The van der Waals surface area contributed by atoms with E-state index in [9.17, 15) is 0 Å². The molecule has 0 N–H and O–H groups in total. The van der Waals surface area contributed by atoms with Crippen LogP contribution in [-0.2, 0) is 0 Å². The number of alkyl halides is 1. The maximum Gasteiger partial charge on any atom is 0.00843 e. The van der Waals surface area contributed by atoms with E-state index in [4.69, 9.17) is 0 Å². The van der Waals surface area contributed by atoms with E-state index >= 15 is 0 Å². The minimum absolute atomic E-state index is 0.468. The van der Waals surface area contributed by atoms with Crippen LogP contribution in [0.3, 0.4) is 0 Å². The summed E-state index contributed by atoms with van der Waals surface area (Å²) in [4.78, 5) is 0. The van der Waals surface area contributed by atoms with Gasteiger partial charge in [0.25, 0.3) is 0 Å². The molecule has 4 atom stereocenters. The SMILES string of the molecule is CCCC1C2=CC=C(I)CC2C(C)(C)C1CC(C)I. The summed E-state index contributed by atoms with van der Waals surface area (Å²) in [5, 5.41) is 0. The molecule has 0 aromatic heterocycles. The Morgan fingerprint density at radius 1 is 1.37 bits per heavy atom. The van der Waals surface area contributed by atoms with Crippen molar-refractivity contribution in [3.63, 3.8) is 0 Å². The molecule has 19 heavy (non-hydrogen) atoms. The zero-order valence-electron chi connectivity index (χ0n) is 12.5. The van der Waals surface area contributed by atoms with Gasteiger partial charge in [-0.3, -0.25) is 0 Å². The second kappa shape index (κ2) is 6.37. The minimum Gasteiger partial charge on any atom is -0.0829 e. The van der Waals surface area contributed by atoms with Crippen LogP contribution in [0.25, 0.3) is 0 Å². The molecule has 0 bridgehead atoms. The van der Waals surface area contributed by atoms with Crippen molar-refractivity contribution >= 4 is 45.2 Å². The molecule has 1 saturated carbocycles. The van der Waals surface area contributed by atoms with Gasteiger partial charge in [0, 0.05) is 3.92 Å². The molecule has 0 spiro atoms. The van der Waals surface area contributed by atoms with E-state index in [1.54, 1.807) is 5.57 Å². The zero-order valence-corrected chi connectivity index (χ0v) is 16.9. The Labute approximate surface area is 146 Å². The lowest BCUT2D eigenvalue weighted by Gasteiger charge is -2.35. The zero-order chi connectivity index (χ0) is 14.2. The molecule has 2 rings (SSSR count). The van der Waals surface area contributed by atoms with Gasteiger partial charge in [0.2, 0.25) is 0 Å². The van der Waals surface area contributed by atoms with Gasteiger partial charge in [0.15, 0.2) is 0 Å². The topological polar surface area (TPSA) is 0 Å². The first-order valence-electron chi connectivity index (χ1n) is 7.58. The fourth-order valence-corrected chi connectivity index (χ4v) is 5.43. The van der Waals surface area contributed by atoms with Crippen molar-refractivity contribution in [3.05, 3.63) is 21.3 Å². The van der Waals surface area contributed by atoms with Crippen molar-refractivity contribution < 1.29 is 0 Å². The monoisotopic (exact) mass is 484 g/mol. The molecule has 0 aliphatic heterocycles. The van der Waals surface area contributed by atoms with Crippen molar-refractivity contribution in [2.45, 2.75) is 57.3 Å². The highest BCUT2D eigenvalue weighted by Gasteiger charge is 2.51. The van der Waals surface area contributed by atoms with Gasteiger partial charge < -0.3 is 0 Å². The van der Waals surface area contributed by atoms with Gasteiger partial charge in [-0.05, 0) is 68.6 Å². The number of halogens is 2. The lowest BCUT2D eigenvalue weighted by molar-refractivity contribution is 0.158. The van der Waals surface area contributed by atoms with Gasteiger partial charge in [-0.15, -0.1) is 0 Å². The fraction of sp³-hybridized carbons (Fsp3) is 0.765. The summed E-state index contributed by atoms with van der Waals surface area (Å²) in [7, 11) is 0. The van der Waals surface area contributed by atoms with Crippen LogP contribution < -0.4 is 0 Å². The first-order chi connectivity index (χ1) is 8.87. The maximum atomic E-state index is 2.61. The molecule has 0 amide bonds. The number of fused-ring (bicyclic) bond motifs is 1. The average molecular weight is 484 g/mol. The van der Waals surface area contributed by atoms with Crippen LogP contribution in [0, 0.1) is 23.2 Å². The second-order valence-corrected chi connectivity index (χ2v) is 10.4. The van der Waals surface area contributed by atoms with Gasteiger partial charge >= 0.3 is 0 Å². The molecule has 4 unspecified atom stereocenters. The summed E-state index contributed by atoms with van der Waals surface area (Å²) in [5.41, 5.74) is 2.24. The van der Waals surface area contributed by atoms with Gasteiger partial charge in [0.1, 0.15) is 0 Å². The van der Waals surface area contributed by atoms with Gasteiger partial charge in [-0.1, -0.05) is 74.4 Å². The van der Waals surface area contributed by atoms with E-state index in [1.165, 1.54) is 29.3 Å². The lowest BCUT2D eigenvalue weighted by atomic mass is 9.70. The number of hydrogen-bond acceptors (Lipinski definition) is 0. The van der Waals surface area contributed by atoms with Crippen LogP contribution in [0.1, 0.15) is 53.4 Å². The highest BCUT2D eigenvalue weighted by Crippen LogP contribution is 2.60. The number of allylic oxidation sites excluding steroid dienone is 4. The van der Waals surface area contributed by atoms with Gasteiger partial charge in [0.05, 0.1) is 0 Å². The predicted octanol–water partition coefficient (Wildman–Crippen LogP) is 6.54. The molecule has 2 heteroatoms. The summed E-state index contributed by atoms with van der Waals surface area (Å²) < 4.78 is 2.33. The molecule has 0 nitrogen and oxygen atoms in total. The summed E-state index contributed by atoms with van der Waals surface area (Å²) >= 11 is 5.14. The van der Waals surface area contributed by atoms with E-state index in [2.05, 4.69) is 85.0 Å².